The molecule has 0 atom stereocenters. The Kier molecular flexibility index (Phi) is 5.93. The van der Waals surface area contributed by atoms with Crippen molar-refractivity contribution in [1.82, 2.24) is 14.6 Å². The van der Waals surface area contributed by atoms with E-state index in [-0.39, 0.29) is 0 Å². The van der Waals surface area contributed by atoms with Crippen molar-refractivity contribution < 1.29 is 9.47 Å². The van der Waals surface area contributed by atoms with Gasteiger partial charge in [0.25, 0.3) is 0 Å². The minimum Gasteiger partial charge on any atom is -0.493 e. The molecule has 158 valence electrons. The number of methoxy groups -OCH3 is 2. The van der Waals surface area contributed by atoms with Crippen LogP contribution in [0.3, 0.4) is 0 Å². The third-order valence-electron chi connectivity index (χ3n) is 5.70. The van der Waals surface area contributed by atoms with Gasteiger partial charge in [0.1, 0.15) is 5.82 Å². The van der Waals surface area contributed by atoms with Gasteiger partial charge < -0.3 is 14.8 Å². The molecule has 0 unspecified atom stereocenters. The molecule has 0 aliphatic heterocycles. The van der Waals surface area contributed by atoms with E-state index in [2.05, 4.69) is 17.5 Å². The molecule has 1 aliphatic rings. The van der Waals surface area contributed by atoms with Crippen molar-refractivity contribution in [2.75, 3.05) is 26.1 Å². The highest BCUT2D eigenvalue weighted by molar-refractivity contribution is 5.82. The molecule has 0 bridgehead atoms. The van der Waals surface area contributed by atoms with E-state index in [1.54, 1.807) is 19.8 Å². The molecule has 2 aromatic heterocycles. The first-order valence-corrected chi connectivity index (χ1v) is 10.6. The molecule has 4 rings (SSSR count). The fraction of sp³-hybridized carbons (Fsp3) is 0.417. The van der Waals surface area contributed by atoms with Gasteiger partial charge >= 0.3 is 0 Å². The Morgan fingerprint density at radius 3 is 2.63 bits per heavy atom. The number of ether oxygens (including phenoxy) is 2. The van der Waals surface area contributed by atoms with Crippen LogP contribution in [0.4, 0.5) is 5.82 Å². The summed E-state index contributed by atoms with van der Waals surface area (Å²) in [4.78, 5) is 4.81. The first kappa shape index (κ1) is 20.3. The summed E-state index contributed by atoms with van der Waals surface area (Å²) in [5.41, 5.74) is 6.33. The van der Waals surface area contributed by atoms with E-state index in [4.69, 9.17) is 19.6 Å². The molecule has 2 heterocycles. The maximum atomic E-state index is 5.49. The van der Waals surface area contributed by atoms with Gasteiger partial charge in [-0.15, -0.1) is 0 Å². The number of hydrogen-bond acceptors (Lipinski definition) is 5. The summed E-state index contributed by atoms with van der Waals surface area (Å²) < 4.78 is 12.8. The van der Waals surface area contributed by atoms with Crippen LogP contribution in [0.2, 0.25) is 0 Å². The average Bonchev–Trinajstić information content (AvgIpc) is 3.09. The Labute approximate surface area is 177 Å². The smallest absolute Gasteiger partial charge is 0.165 e. The standard InChI is InChI=1S/C24H30N4O2/c1-16-14-22(25-13-12-18-8-6-5-7-9-18)28-24(26-16)23(17(2)27-28)19-10-11-20(29-3)21(15-19)30-4/h8,10-11,14-15,25H,5-7,9,12-13H2,1-4H3. The van der Waals surface area contributed by atoms with Gasteiger partial charge in [0.2, 0.25) is 0 Å². The van der Waals surface area contributed by atoms with Crippen LogP contribution in [0, 0.1) is 13.8 Å². The van der Waals surface area contributed by atoms with E-state index < -0.39 is 0 Å². The lowest BCUT2D eigenvalue weighted by atomic mass is 9.97. The van der Waals surface area contributed by atoms with Crippen LogP contribution >= 0.6 is 0 Å². The molecule has 6 heteroatoms. The summed E-state index contributed by atoms with van der Waals surface area (Å²) in [5.74, 6) is 2.38. The van der Waals surface area contributed by atoms with Crippen molar-refractivity contribution >= 4 is 11.5 Å². The van der Waals surface area contributed by atoms with Gasteiger partial charge in [-0.3, -0.25) is 0 Å². The molecular weight excluding hydrogens is 376 g/mol. The zero-order valence-corrected chi connectivity index (χ0v) is 18.3. The summed E-state index contributed by atoms with van der Waals surface area (Å²) in [6.45, 7) is 4.94. The monoisotopic (exact) mass is 406 g/mol. The normalized spacial score (nSPS) is 13.9. The molecule has 1 aromatic carbocycles. The second kappa shape index (κ2) is 8.78. The minimum atomic E-state index is 0.695. The fourth-order valence-corrected chi connectivity index (χ4v) is 4.18. The predicted octanol–water partition coefficient (Wildman–Crippen LogP) is 5.33. The SMILES string of the molecule is COc1ccc(-c2c(C)nn3c(NCCC4=CCCCC4)cc(C)nc23)cc1OC. The zero-order chi connectivity index (χ0) is 21.1. The quantitative estimate of drug-likeness (QED) is 0.537. The van der Waals surface area contributed by atoms with E-state index in [1.807, 2.05) is 36.6 Å². The number of benzene rings is 1. The molecular formula is C24H30N4O2. The number of allylic oxidation sites excluding steroid dienone is 1. The lowest BCUT2D eigenvalue weighted by Gasteiger charge is -2.14. The van der Waals surface area contributed by atoms with Gasteiger partial charge in [0, 0.05) is 23.9 Å². The molecule has 0 amide bonds. The van der Waals surface area contributed by atoms with Crippen LogP contribution in [0.5, 0.6) is 11.5 Å². The highest BCUT2D eigenvalue weighted by Gasteiger charge is 2.18. The van der Waals surface area contributed by atoms with E-state index in [1.165, 1.54) is 25.7 Å². The second-order valence-electron chi connectivity index (χ2n) is 7.83. The Balaban J connectivity index is 1.67. The Morgan fingerprint density at radius 2 is 1.90 bits per heavy atom. The number of anilines is 1. The van der Waals surface area contributed by atoms with Crippen molar-refractivity contribution in [2.24, 2.45) is 0 Å². The number of aromatic nitrogens is 3. The summed E-state index contributed by atoms with van der Waals surface area (Å²) in [7, 11) is 3.29. The second-order valence-corrected chi connectivity index (χ2v) is 7.83. The molecule has 3 aromatic rings. The summed E-state index contributed by atoms with van der Waals surface area (Å²) in [5, 5.41) is 8.38. The summed E-state index contributed by atoms with van der Waals surface area (Å²) in [6.07, 6.45) is 8.58. The van der Waals surface area contributed by atoms with Crippen molar-refractivity contribution in [3.05, 3.63) is 47.3 Å². The van der Waals surface area contributed by atoms with Crippen molar-refractivity contribution in [2.45, 2.75) is 46.0 Å². The molecule has 1 aliphatic carbocycles. The number of nitrogens with zero attached hydrogens (tertiary/aromatic N) is 3. The van der Waals surface area contributed by atoms with E-state index in [9.17, 15) is 0 Å². The highest BCUT2D eigenvalue weighted by atomic mass is 16.5. The number of rotatable bonds is 7. The molecule has 0 fully saturated rings. The molecule has 1 N–H and O–H groups in total. The molecule has 0 radical (unpaired) electrons. The topological polar surface area (TPSA) is 60.7 Å². The van der Waals surface area contributed by atoms with Crippen LogP contribution < -0.4 is 14.8 Å². The fourth-order valence-electron chi connectivity index (χ4n) is 4.18. The third-order valence-corrected chi connectivity index (χ3v) is 5.70. The van der Waals surface area contributed by atoms with Gasteiger partial charge in [0.15, 0.2) is 17.1 Å². The first-order valence-electron chi connectivity index (χ1n) is 10.6. The molecule has 0 saturated heterocycles. The molecule has 0 spiro atoms. The number of aryl methyl sites for hydroxylation is 2. The Bertz CT molecular complexity index is 1080. The number of nitrogens with one attached hydrogen (secondary N) is 1. The van der Waals surface area contributed by atoms with Crippen LogP contribution in [-0.4, -0.2) is 35.4 Å². The largest absolute Gasteiger partial charge is 0.493 e. The molecule has 0 saturated carbocycles. The van der Waals surface area contributed by atoms with Gasteiger partial charge in [-0.1, -0.05) is 17.7 Å². The van der Waals surface area contributed by atoms with E-state index >= 15 is 0 Å². The van der Waals surface area contributed by atoms with Crippen LogP contribution in [-0.2, 0) is 0 Å². The lowest BCUT2D eigenvalue weighted by Crippen LogP contribution is -2.09. The van der Waals surface area contributed by atoms with Gasteiger partial charge in [-0.05, 0) is 63.6 Å². The van der Waals surface area contributed by atoms with Gasteiger partial charge in [0.05, 0.1) is 19.9 Å². The predicted molar refractivity (Wildman–Crippen MR) is 121 cm³/mol. The Morgan fingerprint density at radius 1 is 1.07 bits per heavy atom. The maximum Gasteiger partial charge on any atom is 0.165 e. The summed E-state index contributed by atoms with van der Waals surface area (Å²) in [6, 6.07) is 7.99. The van der Waals surface area contributed by atoms with Crippen molar-refractivity contribution in [3.8, 4) is 22.6 Å². The van der Waals surface area contributed by atoms with Crippen LogP contribution in [0.1, 0.15) is 43.5 Å². The van der Waals surface area contributed by atoms with Crippen LogP contribution in [0.25, 0.3) is 16.8 Å². The van der Waals surface area contributed by atoms with Crippen molar-refractivity contribution in [1.29, 1.82) is 0 Å². The van der Waals surface area contributed by atoms with E-state index in [0.29, 0.717) is 11.5 Å². The number of fused-ring (bicyclic) bond motifs is 1. The third kappa shape index (κ3) is 3.99. The Hall–Kier alpha value is -3.02. The first-order chi connectivity index (χ1) is 14.6. The van der Waals surface area contributed by atoms with Crippen LogP contribution in [0.15, 0.2) is 35.9 Å². The minimum absolute atomic E-state index is 0.695. The lowest BCUT2D eigenvalue weighted by molar-refractivity contribution is 0.355. The molecule has 30 heavy (non-hydrogen) atoms. The van der Waals surface area contributed by atoms with E-state index in [0.717, 1.165) is 46.9 Å². The summed E-state index contributed by atoms with van der Waals surface area (Å²) >= 11 is 0. The van der Waals surface area contributed by atoms with Gasteiger partial charge in [-0.2, -0.15) is 9.61 Å². The molecule has 6 nitrogen and oxygen atoms in total. The van der Waals surface area contributed by atoms with Crippen molar-refractivity contribution in [3.63, 3.8) is 0 Å². The highest BCUT2D eigenvalue weighted by Crippen LogP contribution is 2.35. The zero-order valence-electron chi connectivity index (χ0n) is 18.3. The number of hydrogen-bond donors (Lipinski definition) is 1. The maximum absolute atomic E-state index is 5.49. The van der Waals surface area contributed by atoms with Gasteiger partial charge in [-0.25, -0.2) is 4.98 Å². The average molecular weight is 407 g/mol.